The van der Waals surface area contributed by atoms with Gasteiger partial charge < -0.3 is 15.8 Å². The normalized spacial score (nSPS) is 10.4. The molecular weight excluding hydrogens is 250 g/mol. The van der Waals surface area contributed by atoms with Gasteiger partial charge in [-0.25, -0.2) is 0 Å². The molecular formula is C16H15N3O. The zero-order chi connectivity index (χ0) is 13.9. The van der Waals surface area contributed by atoms with E-state index in [1.54, 1.807) is 13.3 Å². The van der Waals surface area contributed by atoms with E-state index < -0.39 is 0 Å². The van der Waals surface area contributed by atoms with E-state index in [-0.39, 0.29) is 0 Å². The quantitative estimate of drug-likeness (QED) is 0.711. The predicted molar refractivity (Wildman–Crippen MR) is 82.4 cm³/mol. The summed E-state index contributed by atoms with van der Waals surface area (Å²) in [5, 5.41) is 4.41. The summed E-state index contributed by atoms with van der Waals surface area (Å²) in [6.07, 6.45) is 1.77. The largest absolute Gasteiger partial charge is 0.497 e. The molecule has 0 saturated heterocycles. The van der Waals surface area contributed by atoms with Crippen LogP contribution in [0, 0.1) is 0 Å². The molecule has 0 radical (unpaired) electrons. The highest BCUT2D eigenvalue weighted by molar-refractivity contribution is 5.94. The second kappa shape index (κ2) is 5.09. The minimum absolute atomic E-state index is 0.712. The molecule has 0 atom stereocenters. The molecule has 3 N–H and O–H groups in total. The van der Waals surface area contributed by atoms with Gasteiger partial charge in [-0.2, -0.15) is 0 Å². The van der Waals surface area contributed by atoms with Gasteiger partial charge in [0, 0.05) is 34.7 Å². The zero-order valence-corrected chi connectivity index (χ0v) is 11.1. The van der Waals surface area contributed by atoms with Crippen LogP contribution in [0.15, 0.2) is 54.7 Å². The molecule has 1 aromatic heterocycles. The number of nitrogen functional groups attached to an aromatic ring is 1. The fraction of sp³-hybridized carbons (Fsp3) is 0.0625. The van der Waals surface area contributed by atoms with Gasteiger partial charge in [-0.3, -0.25) is 4.98 Å². The number of nitrogens with two attached hydrogens (primary N) is 1. The molecule has 0 spiro atoms. The van der Waals surface area contributed by atoms with Crippen molar-refractivity contribution in [2.75, 3.05) is 18.2 Å². The van der Waals surface area contributed by atoms with Gasteiger partial charge in [0.05, 0.1) is 12.6 Å². The number of fused-ring (bicyclic) bond motifs is 1. The molecule has 0 aliphatic heterocycles. The van der Waals surface area contributed by atoms with Crippen molar-refractivity contribution in [1.29, 1.82) is 0 Å². The number of pyridine rings is 1. The maximum atomic E-state index is 5.79. The Hall–Kier alpha value is -2.75. The molecule has 0 saturated carbocycles. The van der Waals surface area contributed by atoms with Crippen LogP contribution < -0.4 is 15.8 Å². The van der Waals surface area contributed by atoms with E-state index in [1.165, 1.54) is 0 Å². The van der Waals surface area contributed by atoms with E-state index >= 15 is 0 Å². The van der Waals surface area contributed by atoms with Crippen LogP contribution in [0.5, 0.6) is 5.75 Å². The molecule has 1 heterocycles. The van der Waals surface area contributed by atoms with E-state index in [1.807, 2.05) is 48.5 Å². The van der Waals surface area contributed by atoms with Crippen molar-refractivity contribution < 1.29 is 4.74 Å². The van der Waals surface area contributed by atoms with Crippen LogP contribution in [0.3, 0.4) is 0 Å². The minimum Gasteiger partial charge on any atom is -0.497 e. The molecule has 2 aromatic carbocycles. The third kappa shape index (κ3) is 2.36. The van der Waals surface area contributed by atoms with Gasteiger partial charge in [0.2, 0.25) is 0 Å². The number of hydrogen-bond donors (Lipinski definition) is 2. The SMILES string of the molecule is COc1cccc(Nc2ccnc3cc(N)ccc23)c1. The van der Waals surface area contributed by atoms with Crippen molar-refractivity contribution in [1.82, 2.24) is 4.98 Å². The molecule has 0 aliphatic carbocycles. The van der Waals surface area contributed by atoms with E-state index in [2.05, 4.69) is 10.3 Å². The van der Waals surface area contributed by atoms with Gasteiger partial charge in [-0.05, 0) is 36.4 Å². The first-order chi connectivity index (χ1) is 9.76. The topological polar surface area (TPSA) is 60.2 Å². The van der Waals surface area contributed by atoms with Crippen molar-refractivity contribution in [3.8, 4) is 5.75 Å². The number of benzene rings is 2. The van der Waals surface area contributed by atoms with Gasteiger partial charge in [-0.1, -0.05) is 6.07 Å². The Morgan fingerprint density at radius 2 is 2.00 bits per heavy atom. The molecule has 0 aliphatic rings. The molecule has 0 amide bonds. The number of ether oxygens (including phenoxy) is 1. The number of aromatic nitrogens is 1. The molecule has 0 unspecified atom stereocenters. The summed E-state index contributed by atoms with van der Waals surface area (Å²) >= 11 is 0. The Bertz CT molecular complexity index is 756. The van der Waals surface area contributed by atoms with Crippen molar-refractivity contribution in [2.24, 2.45) is 0 Å². The molecule has 3 aromatic rings. The molecule has 20 heavy (non-hydrogen) atoms. The molecule has 0 fully saturated rings. The number of anilines is 3. The predicted octanol–water partition coefficient (Wildman–Crippen LogP) is 3.57. The standard InChI is InChI=1S/C16H15N3O/c1-20-13-4-2-3-12(10-13)19-15-7-8-18-16-9-11(17)5-6-14(15)16/h2-10H,17H2,1H3,(H,18,19). The van der Waals surface area contributed by atoms with Crippen molar-refractivity contribution in [3.63, 3.8) is 0 Å². The second-order valence-electron chi connectivity index (χ2n) is 4.49. The van der Waals surface area contributed by atoms with Crippen molar-refractivity contribution in [2.45, 2.75) is 0 Å². The van der Waals surface area contributed by atoms with Gasteiger partial charge in [0.25, 0.3) is 0 Å². The summed E-state index contributed by atoms with van der Waals surface area (Å²) in [6.45, 7) is 0. The first kappa shape index (κ1) is 12.3. The van der Waals surface area contributed by atoms with Gasteiger partial charge in [0.15, 0.2) is 0 Å². The second-order valence-corrected chi connectivity index (χ2v) is 4.49. The highest BCUT2D eigenvalue weighted by atomic mass is 16.5. The highest BCUT2D eigenvalue weighted by Crippen LogP contribution is 2.27. The summed E-state index contributed by atoms with van der Waals surface area (Å²) in [5.41, 5.74) is 9.33. The van der Waals surface area contributed by atoms with Crippen LogP contribution in [0.2, 0.25) is 0 Å². The number of rotatable bonds is 3. The Balaban J connectivity index is 2.02. The smallest absolute Gasteiger partial charge is 0.120 e. The number of hydrogen-bond acceptors (Lipinski definition) is 4. The highest BCUT2D eigenvalue weighted by Gasteiger charge is 2.03. The van der Waals surface area contributed by atoms with E-state index in [0.717, 1.165) is 28.0 Å². The molecule has 4 nitrogen and oxygen atoms in total. The summed E-state index contributed by atoms with van der Waals surface area (Å²) in [6, 6.07) is 15.5. The van der Waals surface area contributed by atoms with Crippen LogP contribution >= 0.6 is 0 Å². The molecule has 4 heteroatoms. The Morgan fingerprint density at radius 1 is 1.10 bits per heavy atom. The van der Waals surface area contributed by atoms with Crippen LogP contribution in [-0.2, 0) is 0 Å². The first-order valence-corrected chi connectivity index (χ1v) is 6.31. The van der Waals surface area contributed by atoms with E-state index in [9.17, 15) is 0 Å². The third-order valence-electron chi connectivity index (χ3n) is 3.12. The molecule has 0 bridgehead atoms. The Labute approximate surface area is 117 Å². The lowest BCUT2D eigenvalue weighted by Crippen LogP contribution is -1.94. The lowest BCUT2D eigenvalue weighted by atomic mass is 10.1. The Kier molecular flexibility index (Phi) is 3.13. The fourth-order valence-corrected chi connectivity index (χ4v) is 2.13. The van der Waals surface area contributed by atoms with Gasteiger partial charge in [-0.15, -0.1) is 0 Å². The first-order valence-electron chi connectivity index (χ1n) is 6.31. The van der Waals surface area contributed by atoms with Crippen LogP contribution in [0.25, 0.3) is 10.9 Å². The lowest BCUT2D eigenvalue weighted by molar-refractivity contribution is 0.415. The molecule has 100 valence electrons. The summed E-state index contributed by atoms with van der Waals surface area (Å²) in [7, 11) is 1.66. The Morgan fingerprint density at radius 3 is 2.85 bits per heavy atom. The van der Waals surface area contributed by atoms with Crippen molar-refractivity contribution in [3.05, 3.63) is 54.7 Å². The van der Waals surface area contributed by atoms with Crippen molar-refractivity contribution >= 4 is 28.0 Å². The average Bonchev–Trinajstić information content (AvgIpc) is 2.47. The van der Waals surface area contributed by atoms with Crippen LogP contribution in [0.4, 0.5) is 17.1 Å². The monoisotopic (exact) mass is 265 g/mol. The van der Waals surface area contributed by atoms with E-state index in [4.69, 9.17) is 10.5 Å². The number of nitrogens with zero attached hydrogens (tertiary/aromatic N) is 1. The van der Waals surface area contributed by atoms with Gasteiger partial charge >= 0.3 is 0 Å². The minimum atomic E-state index is 0.712. The van der Waals surface area contributed by atoms with E-state index in [0.29, 0.717) is 5.69 Å². The summed E-state index contributed by atoms with van der Waals surface area (Å²) in [4.78, 5) is 4.33. The number of methoxy groups -OCH3 is 1. The summed E-state index contributed by atoms with van der Waals surface area (Å²) in [5.74, 6) is 0.817. The van der Waals surface area contributed by atoms with Crippen LogP contribution in [-0.4, -0.2) is 12.1 Å². The fourth-order valence-electron chi connectivity index (χ4n) is 2.13. The summed E-state index contributed by atoms with van der Waals surface area (Å²) < 4.78 is 5.23. The molecule has 3 rings (SSSR count). The maximum Gasteiger partial charge on any atom is 0.120 e. The third-order valence-corrected chi connectivity index (χ3v) is 3.12. The average molecular weight is 265 g/mol. The zero-order valence-electron chi connectivity index (χ0n) is 11.1. The number of nitrogens with one attached hydrogen (secondary N) is 1. The van der Waals surface area contributed by atoms with Gasteiger partial charge in [0.1, 0.15) is 5.75 Å². The van der Waals surface area contributed by atoms with Crippen LogP contribution in [0.1, 0.15) is 0 Å². The lowest BCUT2D eigenvalue weighted by Gasteiger charge is -2.10. The maximum absolute atomic E-state index is 5.79.